The molecule has 0 spiro atoms. The number of piperidine rings is 1. The third kappa shape index (κ3) is 3.37. The van der Waals surface area contributed by atoms with Crippen molar-refractivity contribution in [2.45, 2.75) is 44.8 Å². The van der Waals surface area contributed by atoms with Gasteiger partial charge in [-0.25, -0.2) is 0 Å². The monoisotopic (exact) mass is 274 g/mol. The third-order valence-electron chi connectivity index (χ3n) is 4.61. The summed E-state index contributed by atoms with van der Waals surface area (Å²) < 4.78 is 0. The van der Waals surface area contributed by atoms with Gasteiger partial charge in [-0.05, 0) is 44.5 Å². The SMILES string of the molecule is NCc1cccc(CN2CCC(N3CCCCC3)C2)n1. The number of rotatable bonds is 4. The highest BCUT2D eigenvalue weighted by Gasteiger charge is 2.28. The van der Waals surface area contributed by atoms with Crippen LogP contribution in [0.2, 0.25) is 0 Å². The largest absolute Gasteiger partial charge is 0.325 e. The zero-order valence-corrected chi connectivity index (χ0v) is 12.3. The molecular formula is C16H26N4. The lowest BCUT2D eigenvalue weighted by molar-refractivity contribution is 0.161. The number of nitrogens with two attached hydrogens (primary N) is 1. The van der Waals surface area contributed by atoms with Crippen LogP contribution >= 0.6 is 0 Å². The van der Waals surface area contributed by atoms with Crippen molar-refractivity contribution >= 4 is 0 Å². The molecule has 2 fully saturated rings. The molecule has 0 amide bonds. The predicted molar refractivity (Wildman–Crippen MR) is 81.2 cm³/mol. The lowest BCUT2D eigenvalue weighted by atomic mass is 10.1. The minimum atomic E-state index is 0.532. The van der Waals surface area contributed by atoms with Gasteiger partial charge in [-0.3, -0.25) is 14.8 Å². The van der Waals surface area contributed by atoms with Crippen molar-refractivity contribution in [3.05, 3.63) is 29.6 Å². The molecule has 1 aromatic heterocycles. The van der Waals surface area contributed by atoms with Gasteiger partial charge >= 0.3 is 0 Å². The molecule has 1 atom stereocenters. The number of hydrogen-bond donors (Lipinski definition) is 1. The van der Waals surface area contributed by atoms with Gasteiger partial charge in [-0.1, -0.05) is 12.5 Å². The van der Waals surface area contributed by atoms with Gasteiger partial charge in [0.2, 0.25) is 0 Å². The van der Waals surface area contributed by atoms with Crippen molar-refractivity contribution in [2.24, 2.45) is 5.73 Å². The standard InChI is InChI=1S/C16H26N4/c17-11-14-5-4-6-15(18-14)12-19-10-7-16(13-19)20-8-2-1-3-9-20/h4-6,16H,1-3,7-13,17H2. The highest BCUT2D eigenvalue weighted by Crippen LogP contribution is 2.21. The van der Waals surface area contributed by atoms with Crippen LogP contribution in [-0.4, -0.2) is 47.0 Å². The highest BCUT2D eigenvalue weighted by atomic mass is 15.3. The maximum absolute atomic E-state index is 5.66. The molecule has 0 aliphatic carbocycles. The first-order valence-corrected chi connectivity index (χ1v) is 7.96. The van der Waals surface area contributed by atoms with E-state index in [1.54, 1.807) is 0 Å². The number of likely N-dealkylation sites (tertiary alicyclic amines) is 2. The van der Waals surface area contributed by atoms with Gasteiger partial charge in [0.15, 0.2) is 0 Å². The summed E-state index contributed by atoms with van der Waals surface area (Å²) in [7, 11) is 0. The fourth-order valence-corrected chi connectivity index (χ4v) is 3.50. The molecular weight excluding hydrogens is 248 g/mol. The van der Waals surface area contributed by atoms with Crippen molar-refractivity contribution in [2.75, 3.05) is 26.2 Å². The molecule has 20 heavy (non-hydrogen) atoms. The molecule has 110 valence electrons. The molecule has 2 aliphatic heterocycles. The van der Waals surface area contributed by atoms with Gasteiger partial charge in [0.25, 0.3) is 0 Å². The third-order valence-corrected chi connectivity index (χ3v) is 4.61. The minimum Gasteiger partial charge on any atom is -0.325 e. The fraction of sp³-hybridized carbons (Fsp3) is 0.688. The van der Waals surface area contributed by atoms with Gasteiger partial charge in [-0.2, -0.15) is 0 Å². The summed E-state index contributed by atoms with van der Waals surface area (Å²) in [5.74, 6) is 0. The zero-order valence-electron chi connectivity index (χ0n) is 12.3. The van der Waals surface area contributed by atoms with Gasteiger partial charge < -0.3 is 5.73 Å². The Hall–Kier alpha value is -0.970. The Kier molecular flexibility index (Phi) is 4.65. The van der Waals surface area contributed by atoms with Crippen molar-refractivity contribution in [3.8, 4) is 0 Å². The van der Waals surface area contributed by atoms with Gasteiger partial charge in [0.1, 0.15) is 0 Å². The summed E-state index contributed by atoms with van der Waals surface area (Å²) in [4.78, 5) is 9.86. The van der Waals surface area contributed by atoms with E-state index in [0.29, 0.717) is 6.54 Å². The van der Waals surface area contributed by atoms with E-state index in [1.165, 1.54) is 51.9 Å². The highest BCUT2D eigenvalue weighted by molar-refractivity contribution is 5.11. The first kappa shape index (κ1) is 14.0. The lowest BCUT2D eigenvalue weighted by Crippen LogP contribution is -2.40. The Morgan fingerprint density at radius 3 is 2.70 bits per heavy atom. The molecule has 3 rings (SSSR count). The quantitative estimate of drug-likeness (QED) is 0.906. The van der Waals surface area contributed by atoms with Crippen molar-refractivity contribution in [1.82, 2.24) is 14.8 Å². The molecule has 2 aliphatic rings. The first-order chi connectivity index (χ1) is 9.85. The Balaban J connectivity index is 1.54. The summed E-state index contributed by atoms with van der Waals surface area (Å²) >= 11 is 0. The minimum absolute atomic E-state index is 0.532. The van der Waals surface area contributed by atoms with Gasteiger partial charge in [0, 0.05) is 32.2 Å². The van der Waals surface area contributed by atoms with Crippen LogP contribution in [0.1, 0.15) is 37.1 Å². The van der Waals surface area contributed by atoms with E-state index in [9.17, 15) is 0 Å². The Bertz CT molecular complexity index is 428. The molecule has 1 aromatic rings. The fourth-order valence-electron chi connectivity index (χ4n) is 3.50. The predicted octanol–water partition coefficient (Wildman–Crippen LogP) is 1.60. The molecule has 0 radical (unpaired) electrons. The van der Waals surface area contributed by atoms with Crippen LogP contribution in [0, 0.1) is 0 Å². The van der Waals surface area contributed by atoms with Gasteiger partial charge in [-0.15, -0.1) is 0 Å². The summed E-state index contributed by atoms with van der Waals surface area (Å²) in [5, 5.41) is 0. The van der Waals surface area contributed by atoms with E-state index >= 15 is 0 Å². The summed E-state index contributed by atoms with van der Waals surface area (Å²) in [6.07, 6.45) is 5.51. The Morgan fingerprint density at radius 2 is 1.90 bits per heavy atom. The molecule has 2 N–H and O–H groups in total. The number of aromatic nitrogens is 1. The van der Waals surface area contributed by atoms with Crippen molar-refractivity contribution in [3.63, 3.8) is 0 Å². The van der Waals surface area contributed by atoms with Crippen LogP contribution in [-0.2, 0) is 13.1 Å². The van der Waals surface area contributed by atoms with E-state index < -0.39 is 0 Å². The molecule has 4 heteroatoms. The van der Waals surface area contributed by atoms with Crippen LogP contribution in [0.15, 0.2) is 18.2 Å². The molecule has 0 aromatic carbocycles. The number of nitrogens with zero attached hydrogens (tertiary/aromatic N) is 3. The lowest BCUT2D eigenvalue weighted by Gasteiger charge is -2.32. The van der Waals surface area contributed by atoms with E-state index in [2.05, 4.69) is 26.9 Å². The van der Waals surface area contributed by atoms with E-state index in [1.807, 2.05) is 6.07 Å². The molecule has 0 bridgehead atoms. The second kappa shape index (κ2) is 6.66. The smallest absolute Gasteiger partial charge is 0.0547 e. The molecule has 4 nitrogen and oxygen atoms in total. The van der Waals surface area contributed by atoms with Gasteiger partial charge in [0.05, 0.1) is 11.4 Å². The molecule has 0 saturated carbocycles. The average Bonchev–Trinajstić information content (AvgIpc) is 2.97. The van der Waals surface area contributed by atoms with Crippen LogP contribution in [0.5, 0.6) is 0 Å². The Morgan fingerprint density at radius 1 is 1.10 bits per heavy atom. The second-order valence-corrected chi connectivity index (χ2v) is 6.10. The molecule has 2 saturated heterocycles. The molecule has 1 unspecified atom stereocenters. The summed E-state index contributed by atoms with van der Waals surface area (Å²) in [5.41, 5.74) is 7.82. The van der Waals surface area contributed by atoms with E-state index in [4.69, 9.17) is 5.73 Å². The maximum Gasteiger partial charge on any atom is 0.0547 e. The van der Waals surface area contributed by atoms with Crippen LogP contribution in [0.3, 0.4) is 0 Å². The van der Waals surface area contributed by atoms with Crippen LogP contribution in [0.4, 0.5) is 0 Å². The van der Waals surface area contributed by atoms with Crippen LogP contribution < -0.4 is 5.73 Å². The normalized spacial score (nSPS) is 25.1. The van der Waals surface area contributed by atoms with Crippen molar-refractivity contribution < 1.29 is 0 Å². The van der Waals surface area contributed by atoms with E-state index in [0.717, 1.165) is 24.0 Å². The van der Waals surface area contributed by atoms with Crippen molar-refractivity contribution in [1.29, 1.82) is 0 Å². The maximum atomic E-state index is 5.66. The Labute approximate surface area is 122 Å². The summed E-state index contributed by atoms with van der Waals surface area (Å²) in [6, 6.07) is 6.97. The van der Waals surface area contributed by atoms with Crippen LogP contribution in [0.25, 0.3) is 0 Å². The molecule has 3 heterocycles. The average molecular weight is 274 g/mol. The second-order valence-electron chi connectivity index (χ2n) is 6.10. The van der Waals surface area contributed by atoms with E-state index in [-0.39, 0.29) is 0 Å². The summed E-state index contributed by atoms with van der Waals surface area (Å²) in [6.45, 7) is 6.52. The number of hydrogen-bond acceptors (Lipinski definition) is 4. The number of pyridine rings is 1. The first-order valence-electron chi connectivity index (χ1n) is 7.96. The topological polar surface area (TPSA) is 45.4 Å². The zero-order chi connectivity index (χ0) is 13.8.